The maximum atomic E-state index is 14.2. The molecule has 0 heterocycles. The third-order valence-electron chi connectivity index (χ3n) is 6.79. The number of carbonyl (C=O) groups is 2. The van der Waals surface area contributed by atoms with E-state index in [9.17, 15) is 18.0 Å². The minimum Gasteiger partial charge on any atom is -0.457 e. The fraction of sp³-hybridized carbons (Fsp3) is 0.257. The van der Waals surface area contributed by atoms with Crippen LogP contribution in [0.15, 0.2) is 120 Å². The monoisotopic (exact) mass is 613 g/mol. The van der Waals surface area contributed by atoms with Crippen LogP contribution in [0.25, 0.3) is 0 Å². The van der Waals surface area contributed by atoms with Crippen molar-refractivity contribution in [3.8, 4) is 11.5 Å². The summed E-state index contributed by atoms with van der Waals surface area (Å²) in [5.41, 5.74) is 0.593. The number of carbonyl (C=O) groups excluding carboxylic acids is 2. The van der Waals surface area contributed by atoms with Gasteiger partial charge < -0.3 is 15.0 Å². The predicted molar refractivity (Wildman–Crippen MR) is 173 cm³/mol. The standard InChI is InChI=1S/C35H39N3O5S/c1-5-32(34(40)36-35(2,3)4)37(25-27-15-9-6-10-16-27)33(39)26-38(44(41,42)31-19-13-8-14-20-31)28-21-23-30(24-22-28)43-29-17-11-7-12-18-29/h6-24,32H,5,25-26H2,1-4H3,(H,36,40)/t32-/m1/s1. The molecule has 1 atom stereocenters. The predicted octanol–water partition coefficient (Wildman–Crippen LogP) is 6.40. The molecular weight excluding hydrogens is 574 g/mol. The van der Waals surface area contributed by atoms with E-state index in [0.29, 0.717) is 17.9 Å². The van der Waals surface area contributed by atoms with Crippen LogP contribution in [0.4, 0.5) is 5.69 Å². The molecule has 0 spiro atoms. The maximum Gasteiger partial charge on any atom is 0.264 e. The molecule has 4 rings (SSSR count). The molecule has 8 nitrogen and oxygen atoms in total. The molecule has 2 amide bonds. The third-order valence-corrected chi connectivity index (χ3v) is 8.58. The van der Waals surface area contributed by atoms with Gasteiger partial charge in [-0.1, -0.05) is 73.7 Å². The van der Waals surface area contributed by atoms with E-state index in [1.54, 1.807) is 42.5 Å². The molecular formula is C35H39N3O5S. The number of sulfonamides is 1. The first-order valence-electron chi connectivity index (χ1n) is 14.5. The van der Waals surface area contributed by atoms with Gasteiger partial charge in [-0.2, -0.15) is 0 Å². The Bertz CT molecular complexity index is 1620. The summed E-state index contributed by atoms with van der Waals surface area (Å²) in [6, 6.07) is 32.3. The Kier molecular flexibility index (Phi) is 10.4. The summed E-state index contributed by atoms with van der Waals surface area (Å²) in [6.07, 6.45) is 0.345. The molecule has 4 aromatic rings. The molecule has 4 aromatic carbocycles. The second kappa shape index (κ2) is 14.2. The average molecular weight is 614 g/mol. The molecule has 0 aliphatic heterocycles. The molecule has 0 unspecified atom stereocenters. The first kappa shape index (κ1) is 32.3. The summed E-state index contributed by atoms with van der Waals surface area (Å²) in [7, 11) is -4.16. The molecule has 0 aliphatic carbocycles. The summed E-state index contributed by atoms with van der Waals surface area (Å²) >= 11 is 0. The topological polar surface area (TPSA) is 96.0 Å². The Morgan fingerprint density at radius 1 is 0.773 bits per heavy atom. The number of hydrogen-bond acceptors (Lipinski definition) is 5. The van der Waals surface area contributed by atoms with Gasteiger partial charge in [-0.15, -0.1) is 0 Å². The zero-order valence-electron chi connectivity index (χ0n) is 25.5. The van der Waals surface area contributed by atoms with E-state index in [4.69, 9.17) is 4.74 Å². The first-order chi connectivity index (χ1) is 21.0. The first-order valence-corrected chi connectivity index (χ1v) is 16.0. The van der Waals surface area contributed by atoms with Gasteiger partial charge >= 0.3 is 0 Å². The Balaban J connectivity index is 1.71. The van der Waals surface area contributed by atoms with E-state index < -0.39 is 34.1 Å². The summed E-state index contributed by atoms with van der Waals surface area (Å²) in [4.78, 5) is 29.2. The van der Waals surface area contributed by atoms with E-state index in [1.807, 2.05) is 88.4 Å². The highest BCUT2D eigenvalue weighted by Gasteiger charge is 2.34. The van der Waals surface area contributed by atoms with Crippen LogP contribution in [0.5, 0.6) is 11.5 Å². The third kappa shape index (κ3) is 8.48. The van der Waals surface area contributed by atoms with Crippen LogP contribution in [0.2, 0.25) is 0 Å². The highest BCUT2D eigenvalue weighted by atomic mass is 32.2. The van der Waals surface area contributed by atoms with Gasteiger partial charge in [-0.3, -0.25) is 13.9 Å². The number of rotatable bonds is 12. The van der Waals surface area contributed by atoms with Crippen LogP contribution < -0.4 is 14.4 Å². The fourth-order valence-electron chi connectivity index (χ4n) is 4.71. The number of nitrogens with zero attached hydrogens (tertiary/aromatic N) is 2. The fourth-order valence-corrected chi connectivity index (χ4v) is 6.14. The normalized spacial score (nSPS) is 12.2. The van der Waals surface area contributed by atoms with Crippen molar-refractivity contribution in [3.05, 3.63) is 121 Å². The number of anilines is 1. The minimum absolute atomic E-state index is 0.0459. The molecule has 0 radical (unpaired) electrons. The van der Waals surface area contributed by atoms with Gasteiger partial charge in [0.05, 0.1) is 10.6 Å². The minimum atomic E-state index is -4.16. The van der Waals surface area contributed by atoms with Crippen molar-refractivity contribution in [2.45, 2.75) is 57.1 Å². The van der Waals surface area contributed by atoms with Crippen molar-refractivity contribution in [2.24, 2.45) is 0 Å². The largest absolute Gasteiger partial charge is 0.457 e. The van der Waals surface area contributed by atoms with Crippen LogP contribution in [-0.4, -0.2) is 43.3 Å². The van der Waals surface area contributed by atoms with Crippen LogP contribution >= 0.6 is 0 Å². The van der Waals surface area contributed by atoms with Crippen molar-refractivity contribution >= 4 is 27.5 Å². The van der Waals surface area contributed by atoms with Crippen LogP contribution in [0.3, 0.4) is 0 Å². The number of amides is 2. The van der Waals surface area contributed by atoms with Gasteiger partial charge in [0.15, 0.2) is 0 Å². The summed E-state index contributed by atoms with van der Waals surface area (Å²) in [6.45, 7) is 7.09. The van der Waals surface area contributed by atoms with Crippen molar-refractivity contribution in [3.63, 3.8) is 0 Å². The lowest BCUT2D eigenvalue weighted by molar-refractivity contribution is -0.141. The summed E-state index contributed by atoms with van der Waals surface area (Å²) in [5, 5.41) is 2.98. The van der Waals surface area contributed by atoms with Gasteiger partial charge in [0.1, 0.15) is 24.1 Å². The zero-order chi connectivity index (χ0) is 31.7. The van der Waals surface area contributed by atoms with Crippen LogP contribution in [0, 0.1) is 0 Å². The Labute approximate surface area is 260 Å². The summed E-state index contributed by atoms with van der Waals surface area (Å²) in [5.74, 6) is 0.344. The molecule has 0 saturated carbocycles. The van der Waals surface area contributed by atoms with Crippen LogP contribution in [-0.2, 0) is 26.2 Å². The van der Waals surface area contributed by atoms with Gasteiger partial charge in [-0.25, -0.2) is 8.42 Å². The average Bonchev–Trinajstić information content (AvgIpc) is 3.00. The van der Waals surface area contributed by atoms with E-state index in [0.717, 1.165) is 9.87 Å². The van der Waals surface area contributed by atoms with Crippen molar-refractivity contribution in [1.29, 1.82) is 0 Å². The van der Waals surface area contributed by atoms with Crippen LogP contribution in [0.1, 0.15) is 39.7 Å². The molecule has 0 fully saturated rings. The zero-order valence-corrected chi connectivity index (χ0v) is 26.3. The van der Waals surface area contributed by atoms with Crippen molar-refractivity contribution in [1.82, 2.24) is 10.2 Å². The Morgan fingerprint density at radius 3 is 1.84 bits per heavy atom. The number of hydrogen-bond donors (Lipinski definition) is 1. The molecule has 0 saturated heterocycles. The summed E-state index contributed by atoms with van der Waals surface area (Å²) < 4.78 is 35.0. The highest BCUT2D eigenvalue weighted by molar-refractivity contribution is 7.92. The SMILES string of the molecule is CC[C@H](C(=O)NC(C)(C)C)N(Cc1ccccc1)C(=O)CN(c1ccc(Oc2ccccc2)cc1)S(=O)(=O)c1ccccc1. The number of ether oxygens (including phenoxy) is 1. The van der Waals surface area contributed by atoms with E-state index >= 15 is 0 Å². The second-order valence-corrected chi connectivity index (χ2v) is 13.3. The maximum absolute atomic E-state index is 14.2. The van der Waals surface area contributed by atoms with Crippen molar-refractivity contribution < 1.29 is 22.7 Å². The lowest BCUT2D eigenvalue weighted by Gasteiger charge is -2.34. The van der Waals surface area contributed by atoms with E-state index in [1.165, 1.54) is 17.0 Å². The number of para-hydroxylation sites is 1. The molecule has 0 aliphatic rings. The van der Waals surface area contributed by atoms with E-state index in [2.05, 4.69) is 5.32 Å². The molecule has 9 heteroatoms. The Hall–Kier alpha value is -4.63. The van der Waals surface area contributed by atoms with Gasteiger partial charge in [0, 0.05) is 12.1 Å². The highest BCUT2D eigenvalue weighted by Crippen LogP contribution is 2.28. The second-order valence-electron chi connectivity index (χ2n) is 11.4. The number of nitrogens with one attached hydrogen (secondary N) is 1. The smallest absolute Gasteiger partial charge is 0.264 e. The van der Waals surface area contributed by atoms with Gasteiger partial charge in [-0.05, 0) is 81.3 Å². The molecule has 1 N–H and O–H groups in total. The van der Waals surface area contributed by atoms with E-state index in [-0.39, 0.29) is 23.0 Å². The lowest BCUT2D eigenvalue weighted by atomic mass is 10.1. The lowest BCUT2D eigenvalue weighted by Crippen LogP contribution is -2.55. The van der Waals surface area contributed by atoms with Crippen molar-refractivity contribution in [2.75, 3.05) is 10.8 Å². The molecule has 0 aromatic heterocycles. The quantitative estimate of drug-likeness (QED) is 0.200. The van der Waals surface area contributed by atoms with Gasteiger partial charge in [0.2, 0.25) is 11.8 Å². The molecule has 44 heavy (non-hydrogen) atoms. The number of benzene rings is 4. The van der Waals surface area contributed by atoms with Gasteiger partial charge in [0.25, 0.3) is 10.0 Å². The molecule has 0 bridgehead atoms. The molecule has 230 valence electrons. The Morgan fingerprint density at radius 2 is 1.30 bits per heavy atom.